The van der Waals surface area contributed by atoms with Gasteiger partial charge in [-0.2, -0.15) is 0 Å². The number of halogens is 1. The molecule has 0 fully saturated rings. The van der Waals surface area contributed by atoms with E-state index in [1.807, 2.05) is 12.1 Å². The van der Waals surface area contributed by atoms with Gasteiger partial charge in [-0.3, -0.25) is 10.1 Å². The normalized spacial score (nSPS) is 10.3. The Balaban J connectivity index is 2.08. The number of hydrogen-bond donors (Lipinski definition) is 1. The highest BCUT2D eigenvalue weighted by Crippen LogP contribution is 2.21. The largest absolute Gasteiger partial charge is 0.366 e. The molecule has 6 heteroatoms. The summed E-state index contributed by atoms with van der Waals surface area (Å²) in [7, 11) is 0. The molecule has 0 spiro atoms. The van der Waals surface area contributed by atoms with Gasteiger partial charge in [0.25, 0.3) is 5.69 Å². The van der Waals surface area contributed by atoms with E-state index in [2.05, 4.69) is 29.4 Å². The Labute approximate surface area is 121 Å². The molecule has 2 aromatic rings. The Morgan fingerprint density at radius 1 is 1.25 bits per heavy atom. The lowest BCUT2D eigenvalue weighted by Crippen LogP contribution is -2.02. The maximum absolute atomic E-state index is 10.7. The van der Waals surface area contributed by atoms with Gasteiger partial charge in [-0.15, -0.1) is 0 Å². The second kappa shape index (κ2) is 6.34. The SMILES string of the molecule is CCc1ccc(CNc2cc([N+](=O)[O-])cc(Cl)n2)cc1. The summed E-state index contributed by atoms with van der Waals surface area (Å²) in [5.74, 6) is 0.392. The molecule has 0 amide bonds. The number of pyridine rings is 1. The molecule has 0 aliphatic rings. The number of nitrogens with one attached hydrogen (secondary N) is 1. The summed E-state index contributed by atoms with van der Waals surface area (Å²) in [6.45, 7) is 2.64. The zero-order valence-corrected chi connectivity index (χ0v) is 11.7. The van der Waals surface area contributed by atoms with Crippen molar-refractivity contribution in [2.24, 2.45) is 0 Å². The zero-order valence-electron chi connectivity index (χ0n) is 11.0. The van der Waals surface area contributed by atoms with E-state index >= 15 is 0 Å². The molecule has 0 atom stereocenters. The van der Waals surface area contributed by atoms with Crippen LogP contribution in [0.25, 0.3) is 0 Å². The number of aromatic nitrogens is 1. The standard InChI is InChI=1S/C14H14ClN3O2/c1-2-10-3-5-11(6-4-10)9-16-14-8-12(18(19)20)7-13(15)17-14/h3-8H,2,9H2,1H3,(H,16,17). The van der Waals surface area contributed by atoms with E-state index in [1.54, 1.807) is 0 Å². The van der Waals surface area contributed by atoms with Gasteiger partial charge in [0.05, 0.1) is 17.1 Å². The van der Waals surface area contributed by atoms with Gasteiger partial charge >= 0.3 is 0 Å². The smallest absolute Gasteiger partial charge is 0.276 e. The number of aryl methyl sites for hydroxylation is 1. The van der Waals surface area contributed by atoms with Crippen LogP contribution in [0.1, 0.15) is 18.1 Å². The number of benzene rings is 1. The van der Waals surface area contributed by atoms with E-state index in [9.17, 15) is 10.1 Å². The topological polar surface area (TPSA) is 68.1 Å². The number of nitrogens with zero attached hydrogens (tertiary/aromatic N) is 2. The average Bonchev–Trinajstić information content (AvgIpc) is 2.45. The highest BCUT2D eigenvalue weighted by atomic mass is 35.5. The van der Waals surface area contributed by atoms with Crippen molar-refractivity contribution in [3.63, 3.8) is 0 Å². The molecule has 1 aromatic heterocycles. The third-order valence-electron chi connectivity index (χ3n) is 2.89. The predicted octanol–water partition coefficient (Wildman–Crippen LogP) is 3.82. The van der Waals surface area contributed by atoms with E-state index in [0.717, 1.165) is 12.0 Å². The lowest BCUT2D eigenvalue weighted by Gasteiger charge is -2.07. The summed E-state index contributed by atoms with van der Waals surface area (Å²) < 4.78 is 0. The molecular formula is C14H14ClN3O2. The summed E-state index contributed by atoms with van der Waals surface area (Å²) in [5.41, 5.74) is 2.27. The maximum atomic E-state index is 10.7. The van der Waals surface area contributed by atoms with Gasteiger partial charge in [-0.05, 0) is 17.5 Å². The number of anilines is 1. The first kappa shape index (κ1) is 14.3. The Kier molecular flexibility index (Phi) is 4.53. The van der Waals surface area contributed by atoms with Gasteiger partial charge < -0.3 is 5.32 Å². The Morgan fingerprint density at radius 3 is 2.50 bits per heavy atom. The van der Waals surface area contributed by atoms with E-state index in [1.165, 1.54) is 17.7 Å². The van der Waals surface area contributed by atoms with Crippen LogP contribution < -0.4 is 5.32 Å². The molecule has 0 saturated heterocycles. The van der Waals surface area contributed by atoms with E-state index in [0.29, 0.717) is 12.4 Å². The van der Waals surface area contributed by atoms with Gasteiger partial charge in [0.1, 0.15) is 11.0 Å². The Bertz CT molecular complexity index is 614. The fraction of sp³-hybridized carbons (Fsp3) is 0.214. The minimum Gasteiger partial charge on any atom is -0.366 e. The molecule has 1 heterocycles. The summed E-state index contributed by atoms with van der Waals surface area (Å²) in [4.78, 5) is 14.3. The van der Waals surface area contributed by atoms with Crippen molar-refractivity contribution < 1.29 is 4.92 Å². The first-order chi connectivity index (χ1) is 9.58. The van der Waals surface area contributed by atoms with Crippen molar-refractivity contribution in [3.8, 4) is 0 Å². The fourth-order valence-corrected chi connectivity index (χ4v) is 1.97. The van der Waals surface area contributed by atoms with E-state index in [-0.39, 0.29) is 10.8 Å². The minimum atomic E-state index is -0.491. The predicted molar refractivity (Wildman–Crippen MR) is 79.0 cm³/mol. The highest BCUT2D eigenvalue weighted by Gasteiger charge is 2.09. The number of hydrogen-bond acceptors (Lipinski definition) is 4. The Morgan fingerprint density at radius 2 is 1.90 bits per heavy atom. The molecule has 0 saturated carbocycles. The van der Waals surface area contributed by atoms with Crippen LogP contribution in [0.2, 0.25) is 5.15 Å². The quantitative estimate of drug-likeness (QED) is 0.516. The van der Waals surface area contributed by atoms with Gasteiger partial charge in [-0.25, -0.2) is 4.98 Å². The molecule has 2 rings (SSSR count). The second-order valence-electron chi connectivity index (χ2n) is 4.31. The molecule has 0 radical (unpaired) electrons. The molecule has 104 valence electrons. The molecule has 0 bridgehead atoms. The van der Waals surface area contributed by atoms with Gasteiger partial charge in [0.15, 0.2) is 0 Å². The van der Waals surface area contributed by atoms with E-state index in [4.69, 9.17) is 11.6 Å². The number of rotatable bonds is 5. The molecule has 0 aliphatic carbocycles. The Hall–Kier alpha value is -2.14. The molecule has 1 aromatic carbocycles. The van der Waals surface area contributed by atoms with Crippen molar-refractivity contribution >= 4 is 23.1 Å². The second-order valence-corrected chi connectivity index (χ2v) is 4.70. The van der Waals surface area contributed by atoms with Crippen LogP contribution in [0, 0.1) is 10.1 Å². The first-order valence-corrected chi connectivity index (χ1v) is 6.60. The lowest BCUT2D eigenvalue weighted by atomic mass is 10.1. The highest BCUT2D eigenvalue weighted by molar-refractivity contribution is 6.29. The molecule has 0 unspecified atom stereocenters. The van der Waals surface area contributed by atoms with Gasteiger partial charge in [0, 0.05) is 6.54 Å². The van der Waals surface area contributed by atoms with Crippen LogP contribution in [0.4, 0.5) is 11.5 Å². The van der Waals surface area contributed by atoms with Crippen LogP contribution in [-0.2, 0) is 13.0 Å². The molecule has 20 heavy (non-hydrogen) atoms. The summed E-state index contributed by atoms with van der Waals surface area (Å²) in [6.07, 6.45) is 0.996. The van der Waals surface area contributed by atoms with Crippen molar-refractivity contribution in [1.29, 1.82) is 0 Å². The third kappa shape index (κ3) is 3.68. The fourth-order valence-electron chi connectivity index (χ4n) is 1.76. The zero-order chi connectivity index (χ0) is 14.5. The van der Waals surface area contributed by atoms with E-state index < -0.39 is 4.92 Å². The van der Waals surface area contributed by atoms with Crippen molar-refractivity contribution in [1.82, 2.24) is 4.98 Å². The van der Waals surface area contributed by atoms with Crippen LogP contribution >= 0.6 is 11.6 Å². The first-order valence-electron chi connectivity index (χ1n) is 6.22. The summed E-state index contributed by atoms with van der Waals surface area (Å²) in [5, 5.41) is 13.9. The molecule has 5 nitrogen and oxygen atoms in total. The lowest BCUT2D eigenvalue weighted by molar-refractivity contribution is -0.384. The summed E-state index contributed by atoms with van der Waals surface area (Å²) >= 11 is 5.76. The average molecular weight is 292 g/mol. The minimum absolute atomic E-state index is 0.0752. The third-order valence-corrected chi connectivity index (χ3v) is 3.09. The summed E-state index contributed by atoms with van der Waals surface area (Å²) in [6, 6.07) is 10.8. The van der Waals surface area contributed by atoms with Crippen molar-refractivity contribution in [3.05, 3.63) is 62.8 Å². The van der Waals surface area contributed by atoms with Crippen LogP contribution in [0.5, 0.6) is 0 Å². The monoisotopic (exact) mass is 291 g/mol. The van der Waals surface area contributed by atoms with Crippen LogP contribution in [-0.4, -0.2) is 9.91 Å². The number of nitro groups is 1. The molecule has 1 N–H and O–H groups in total. The van der Waals surface area contributed by atoms with Gasteiger partial charge in [-0.1, -0.05) is 42.8 Å². The van der Waals surface area contributed by atoms with Crippen LogP contribution in [0.15, 0.2) is 36.4 Å². The van der Waals surface area contributed by atoms with Gasteiger partial charge in [0.2, 0.25) is 0 Å². The van der Waals surface area contributed by atoms with Crippen molar-refractivity contribution in [2.75, 3.05) is 5.32 Å². The maximum Gasteiger partial charge on any atom is 0.276 e. The molecular weight excluding hydrogens is 278 g/mol. The van der Waals surface area contributed by atoms with Crippen LogP contribution in [0.3, 0.4) is 0 Å². The van der Waals surface area contributed by atoms with Crippen molar-refractivity contribution in [2.45, 2.75) is 19.9 Å². The molecule has 0 aliphatic heterocycles.